The molecule has 0 heterocycles. The molecule has 2 aromatic carbocycles. The number of nitrogens with zero attached hydrogens (tertiary/aromatic N) is 1. The summed E-state index contributed by atoms with van der Waals surface area (Å²) in [7, 11) is 0. The molecule has 0 bridgehead atoms. The van der Waals surface area contributed by atoms with Gasteiger partial charge in [0, 0.05) is 16.9 Å². The molecular formula is C15H16N2O. The van der Waals surface area contributed by atoms with Crippen molar-refractivity contribution in [3.8, 4) is 0 Å². The van der Waals surface area contributed by atoms with Crippen LogP contribution in [0.25, 0.3) is 0 Å². The molecule has 0 aliphatic rings. The largest absolute Gasteiger partial charge is 0.411 e. The number of anilines is 2. The molecule has 3 nitrogen and oxygen atoms in total. The van der Waals surface area contributed by atoms with Gasteiger partial charge in [-0.1, -0.05) is 35.5 Å². The van der Waals surface area contributed by atoms with E-state index in [1.54, 1.807) is 0 Å². The molecule has 0 saturated heterocycles. The Morgan fingerprint density at radius 2 is 1.72 bits per heavy atom. The van der Waals surface area contributed by atoms with Crippen molar-refractivity contribution >= 4 is 17.6 Å². The second kappa shape index (κ2) is 5.36. The van der Waals surface area contributed by atoms with Gasteiger partial charge in [0.25, 0.3) is 0 Å². The first kappa shape index (κ1) is 12.2. The molecule has 92 valence electrons. The zero-order chi connectivity index (χ0) is 13.0. The molecule has 3 heteroatoms. The maximum absolute atomic E-state index is 8.65. The quantitative estimate of drug-likeness (QED) is 0.486. The van der Waals surface area contributed by atoms with Crippen molar-refractivity contribution in [2.45, 2.75) is 13.8 Å². The first-order valence-electron chi connectivity index (χ1n) is 5.82. The predicted molar refractivity (Wildman–Crippen MR) is 75.0 cm³/mol. The fourth-order valence-electron chi connectivity index (χ4n) is 1.82. The van der Waals surface area contributed by atoms with Gasteiger partial charge in [0.05, 0.1) is 6.21 Å². The number of aryl methyl sites for hydroxylation is 1. The van der Waals surface area contributed by atoms with Crippen molar-refractivity contribution in [3.05, 3.63) is 59.2 Å². The van der Waals surface area contributed by atoms with Crippen LogP contribution in [-0.2, 0) is 0 Å². The summed E-state index contributed by atoms with van der Waals surface area (Å²) < 4.78 is 0. The average molecular weight is 240 g/mol. The van der Waals surface area contributed by atoms with Gasteiger partial charge in [-0.3, -0.25) is 0 Å². The molecule has 2 aromatic rings. The molecule has 18 heavy (non-hydrogen) atoms. The Labute approximate surface area is 107 Å². The van der Waals surface area contributed by atoms with E-state index in [0.717, 1.165) is 16.9 Å². The molecule has 2 rings (SSSR count). The van der Waals surface area contributed by atoms with Gasteiger partial charge in [0.15, 0.2) is 0 Å². The van der Waals surface area contributed by atoms with Crippen molar-refractivity contribution < 1.29 is 5.21 Å². The van der Waals surface area contributed by atoms with E-state index >= 15 is 0 Å². The van der Waals surface area contributed by atoms with E-state index in [2.05, 4.69) is 30.4 Å². The molecule has 0 spiro atoms. The van der Waals surface area contributed by atoms with Crippen LogP contribution in [0, 0.1) is 13.8 Å². The number of hydrogen-bond donors (Lipinski definition) is 2. The maximum atomic E-state index is 8.65. The number of para-hydroxylation sites is 1. The molecule has 0 atom stereocenters. The van der Waals surface area contributed by atoms with Crippen LogP contribution in [0.5, 0.6) is 0 Å². The van der Waals surface area contributed by atoms with Gasteiger partial charge < -0.3 is 10.5 Å². The van der Waals surface area contributed by atoms with Crippen molar-refractivity contribution in [1.29, 1.82) is 0 Å². The zero-order valence-corrected chi connectivity index (χ0v) is 10.5. The number of benzene rings is 2. The predicted octanol–water partition coefficient (Wildman–Crippen LogP) is 3.86. The van der Waals surface area contributed by atoms with Crippen molar-refractivity contribution in [2.24, 2.45) is 5.16 Å². The van der Waals surface area contributed by atoms with Gasteiger partial charge in [-0.2, -0.15) is 0 Å². The van der Waals surface area contributed by atoms with E-state index in [1.807, 2.05) is 36.4 Å². The van der Waals surface area contributed by atoms with Gasteiger partial charge in [0.1, 0.15) is 0 Å². The molecule has 0 saturated carbocycles. The highest BCUT2D eigenvalue weighted by Gasteiger charge is 2.03. The van der Waals surface area contributed by atoms with Crippen LogP contribution in [0.4, 0.5) is 11.4 Å². The van der Waals surface area contributed by atoms with Gasteiger partial charge >= 0.3 is 0 Å². The number of oxime groups is 1. The van der Waals surface area contributed by atoms with E-state index in [4.69, 9.17) is 5.21 Å². The van der Waals surface area contributed by atoms with Crippen LogP contribution in [0.15, 0.2) is 47.6 Å². The minimum Gasteiger partial charge on any atom is -0.411 e. The Bertz CT molecular complexity index is 576. The second-order valence-electron chi connectivity index (χ2n) is 4.20. The van der Waals surface area contributed by atoms with E-state index in [0.29, 0.717) is 0 Å². The summed E-state index contributed by atoms with van der Waals surface area (Å²) in [5.41, 5.74) is 5.29. The van der Waals surface area contributed by atoms with Gasteiger partial charge in [0.2, 0.25) is 0 Å². The molecule has 0 aliphatic heterocycles. The molecular weight excluding hydrogens is 224 g/mol. The second-order valence-corrected chi connectivity index (χ2v) is 4.20. The van der Waals surface area contributed by atoms with Crippen LogP contribution in [0.3, 0.4) is 0 Å². The fraction of sp³-hybridized carbons (Fsp3) is 0.133. The molecule has 0 aromatic heterocycles. The van der Waals surface area contributed by atoms with E-state index < -0.39 is 0 Å². The highest BCUT2D eigenvalue weighted by Crippen LogP contribution is 2.24. The average Bonchev–Trinajstić information content (AvgIpc) is 2.37. The standard InChI is InChI=1S/C15H16N2O/c1-11-6-5-9-14(12(11)2)17-15-8-4-3-7-13(15)10-16-18/h3-10,17-18H,1-2H3/b16-10+. The van der Waals surface area contributed by atoms with Crippen LogP contribution in [0.2, 0.25) is 0 Å². The summed E-state index contributed by atoms with van der Waals surface area (Å²) in [6.07, 6.45) is 1.42. The maximum Gasteiger partial charge on any atom is 0.0754 e. The van der Waals surface area contributed by atoms with Gasteiger partial charge in [-0.05, 0) is 37.1 Å². The van der Waals surface area contributed by atoms with Crippen LogP contribution < -0.4 is 5.32 Å². The third kappa shape index (κ3) is 2.51. The summed E-state index contributed by atoms with van der Waals surface area (Å²) in [6, 6.07) is 13.9. The van der Waals surface area contributed by atoms with E-state index in [9.17, 15) is 0 Å². The highest BCUT2D eigenvalue weighted by molar-refractivity contribution is 5.89. The lowest BCUT2D eigenvalue weighted by atomic mass is 10.1. The number of hydrogen-bond acceptors (Lipinski definition) is 3. The molecule has 0 radical (unpaired) electrons. The first-order valence-corrected chi connectivity index (χ1v) is 5.82. The number of rotatable bonds is 3. The van der Waals surface area contributed by atoms with Crippen molar-refractivity contribution in [3.63, 3.8) is 0 Å². The highest BCUT2D eigenvalue weighted by atomic mass is 16.4. The minimum atomic E-state index is 0.848. The minimum absolute atomic E-state index is 0.848. The normalized spacial score (nSPS) is 10.8. The summed E-state index contributed by atoms with van der Waals surface area (Å²) in [6.45, 7) is 4.17. The van der Waals surface area contributed by atoms with Crippen molar-refractivity contribution in [1.82, 2.24) is 0 Å². The van der Waals surface area contributed by atoms with E-state index in [-0.39, 0.29) is 0 Å². The summed E-state index contributed by atoms with van der Waals surface area (Å²) in [4.78, 5) is 0. The van der Waals surface area contributed by atoms with Gasteiger partial charge in [-0.25, -0.2) is 0 Å². The lowest BCUT2D eigenvalue weighted by Crippen LogP contribution is -1.98. The zero-order valence-electron chi connectivity index (χ0n) is 10.5. The van der Waals surface area contributed by atoms with E-state index in [1.165, 1.54) is 17.3 Å². The summed E-state index contributed by atoms with van der Waals surface area (Å²) in [5.74, 6) is 0. The smallest absolute Gasteiger partial charge is 0.0754 e. The molecule has 0 fully saturated rings. The monoisotopic (exact) mass is 240 g/mol. The molecule has 0 unspecified atom stereocenters. The van der Waals surface area contributed by atoms with Crippen LogP contribution in [0.1, 0.15) is 16.7 Å². The van der Waals surface area contributed by atoms with Crippen LogP contribution in [-0.4, -0.2) is 11.4 Å². The van der Waals surface area contributed by atoms with Crippen LogP contribution >= 0.6 is 0 Å². The fourth-order valence-corrected chi connectivity index (χ4v) is 1.82. The summed E-state index contributed by atoms with van der Waals surface area (Å²) >= 11 is 0. The third-order valence-electron chi connectivity index (χ3n) is 3.03. The Morgan fingerprint density at radius 1 is 1.00 bits per heavy atom. The Hall–Kier alpha value is -2.29. The summed E-state index contributed by atoms with van der Waals surface area (Å²) in [5, 5.41) is 15.1. The van der Waals surface area contributed by atoms with Crippen molar-refractivity contribution in [2.75, 3.05) is 5.32 Å². The number of nitrogens with one attached hydrogen (secondary N) is 1. The third-order valence-corrected chi connectivity index (χ3v) is 3.03. The topological polar surface area (TPSA) is 44.6 Å². The lowest BCUT2D eigenvalue weighted by molar-refractivity contribution is 0.322. The van der Waals surface area contributed by atoms with Gasteiger partial charge in [-0.15, -0.1) is 0 Å². The Balaban J connectivity index is 2.37. The lowest BCUT2D eigenvalue weighted by Gasteiger charge is -2.13. The SMILES string of the molecule is Cc1cccc(Nc2ccccc2/C=N/O)c1C. The Morgan fingerprint density at radius 3 is 2.50 bits per heavy atom. The molecule has 0 aliphatic carbocycles. The molecule has 0 amide bonds. The molecule has 2 N–H and O–H groups in total. The Kier molecular flexibility index (Phi) is 3.63. The first-order chi connectivity index (χ1) is 8.72.